The number of rotatable bonds is 6. The Bertz CT molecular complexity index is 840. The summed E-state index contributed by atoms with van der Waals surface area (Å²) in [5.41, 5.74) is 1.42. The molecule has 1 N–H and O–H groups in total. The van der Waals surface area contributed by atoms with Crippen molar-refractivity contribution in [2.24, 2.45) is 5.10 Å². The molecule has 3 rings (SSSR count). The van der Waals surface area contributed by atoms with Crippen molar-refractivity contribution in [1.82, 2.24) is 25.6 Å². The average molecular weight is 429 g/mol. The predicted octanol–water partition coefficient (Wildman–Crippen LogP) is 1.53. The minimum Gasteiger partial charge on any atom is -0.463 e. The maximum absolute atomic E-state index is 12.0. The molecule has 1 saturated heterocycles. The molecule has 1 atom stereocenters. The van der Waals surface area contributed by atoms with Gasteiger partial charge in [0.25, 0.3) is 5.91 Å². The van der Waals surface area contributed by atoms with Gasteiger partial charge in [0.1, 0.15) is 0 Å². The highest BCUT2D eigenvalue weighted by Gasteiger charge is 2.08. The molecular weight excluding hydrogens is 402 g/mol. The number of aromatic nitrogens is 4. The molecule has 1 aliphatic rings. The molecule has 0 spiro atoms. The highest BCUT2D eigenvalue weighted by molar-refractivity contribution is 6.03. The van der Waals surface area contributed by atoms with E-state index in [4.69, 9.17) is 9.47 Å². The number of hydrogen-bond acceptors (Lipinski definition) is 10. The number of carbonyl (C=O) groups is 2. The van der Waals surface area contributed by atoms with Crippen molar-refractivity contribution in [1.29, 1.82) is 0 Å². The number of morpholine rings is 1. The summed E-state index contributed by atoms with van der Waals surface area (Å²) < 4.78 is 10.0. The summed E-state index contributed by atoms with van der Waals surface area (Å²) in [7, 11) is 0. The normalized spacial score (nSPS) is 14.4. The van der Waals surface area contributed by atoms with Crippen molar-refractivity contribution in [3.05, 3.63) is 41.6 Å². The van der Waals surface area contributed by atoms with Gasteiger partial charge in [0.05, 0.1) is 44.8 Å². The second-order valence-corrected chi connectivity index (χ2v) is 6.62. The molecule has 2 aromatic rings. The molecule has 11 heteroatoms. The lowest BCUT2D eigenvalue weighted by molar-refractivity contribution is -0.145. The molecule has 31 heavy (non-hydrogen) atoms. The van der Waals surface area contributed by atoms with E-state index in [1.165, 1.54) is 13.1 Å². The maximum Gasteiger partial charge on any atom is 0.302 e. The van der Waals surface area contributed by atoms with Crippen LogP contribution in [0.25, 0.3) is 0 Å². The molecule has 0 radical (unpaired) electrons. The number of nitrogens with one attached hydrogen (secondary N) is 1. The second kappa shape index (κ2) is 13.0. The second-order valence-electron chi connectivity index (χ2n) is 6.62. The summed E-state index contributed by atoms with van der Waals surface area (Å²) in [6.45, 7) is 8.25. The minimum absolute atomic E-state index is 0.0764. The third-order valence-corrected chi connectivity index (χ3v) is 4.14. The molecule has 1 aliphatic heterocycles. The summed E-state index contributed by atoms with van der Waals surface area (Å²) >= 11 is 0. The van der Waals surface area contributed by atoms with E-state index >= 15 is 0 Å². The van der Waals surface area contributed by atoms with E-state index in [1.807, 2.05) is 31.0 Å². The molecule has 0 aliphatic carbocycles. The van der Waals surface area contributed by atoms with Crippen molar-refractivity contribution >= 4 is 23.9 Å². The molecule has 0 saturated carbocycles. The Hall–Kier alpha value is -3.47. The van der Waals surface area contributed by atoms with Gasteiger partial charge < -0.3 is 14.8 Å². The van der Waals surface area contributed by atoms with Crippen LogP contribution in [0.2, 0.25) is 0 Å². The number of carbonyl (C=O) groups excluding carboxylic acids is 2. The lowest BCUT2D eigenvalue weighted by atomic mass is 10.1. The van der Waals surface area contributed by atoms with Crippen molar-refractivity contribution in [3.63, 3.8) is 0 Å². The third-order valence-electron chi connectivity index (χ3n) is 4.14. The standard InChI is InChI=1S/C14H15N7O2.C6H12O2/c22-14(17-13-10-15-19-20-18-13)12-3-1-11(2-4-12)9-16-21-5-7-23-8-6-21;1-4-5(2)8-6(3)7/h1-4,9-10H,5-8H2,(H,17,18,19,22);5H,4H2,1-3H3. The van der Waals surface area contributed by atoms with E-state index in [0.717, 1.165) is 25.1 Å². The fourth-order valence-corrected chi connectivity index (χ4v) is 2.35. The monoisotopic (exact) mass is 429 g/mol. The fraction of sp³-hybridized carbons (Fsp3) is 0.450. The molecule has 166 valence electrons. The van der Waals surface area contributed by atoms with E-state index in [-0.39, 0.29) is 23.8 Å². The summed E-state index contributed by atoms with van der Waals surface area (Å²) in [5, 5.41) is 22.8. The minimum atomic E-state index is -0.288. The van der Waals surface area contributed by atoms with Crippen molar-refractivity contribution in [3.8, 4) is 0 Å². The van der Waals surface area contributed by atoms with Gasteiger partial charge in [-0.1, -0.05) is 19.1 Å². The summed E-state index contributed by atoms with van der Waals surface area (Å²) in [6, 6.07) is 7.10. The Morgan fingerprint density at radius 2 is 1.97 bits per heavy atom. The Labute approximate surface area is 180 Å². The number of esters is 1. The molecule has 2 heterocycles. The van der Waals surface area contributed by atoms with Crippen LogP contribution in [0, 0.1) is 0 Å². The molecule has 1 aromatic heterocycles. The molecular formula is C20H27N7O4. The van der Waals surface area contributed by atoms with Gasteiger partial charge in [0, 0.05) is 12.5 Å². The lowest BCUT2D eigenvalue weighted by Gasteiger charge is -2.23. The van der Waals surface area contributed by atoms with Gasteiger partial charge in [-0.25, -0.2) is 0 Å². The highest BCUT2D eigenvalue weighted by atomic mass is 16.5. The largest absolute Gasteiger partial charge is 0.463 e. The van der Waals surface area contributed by atoms with Crippen LogP contribution in [0.4, 0.5) is 5.82 Å². The van der Waals surface area contributed by atoms with Gasteiger partial charge in [0.15, 0.2) is 5.82 Å². The van der Waals surface area contributed by atoms with Crippen molar-refractivity contribution < 1.29 is 19.1 Å². The zero-order valence-electron chi connectivity index (χ0n) is 17.9. The van der Waals surface area contributed by atoms with E-state index in [2.05, 4.69) is 31.0 Å². The number of hydrazone groups is 1. The molecule has 1 fully saturated rings. The number of benzene rings is 1. The van der Waals surface area contributed by atoms with Gasteiger partial charge in [-0.2, -0.15) is 5.10 Å². The van der Waals surface area contributed by atoms with Crippen LogP contribution in [0.1, 0.15) is 43.1 Å². The first kappa shape index (κ1) is 23.8. The number of anilines is 1. The van der Waals surface area contributed by atoms with Gasteiger partial charge in [0.2, 0.25) is 0 Å². The maximum atomic E-state index is 12.0. The number of nitrogens with zero attached hydrogens (tertiary/aromatic N) is 6. The quantitative estimate of drug-likeness (QED) is 0.536. The molecule has 1 unspecified atom stereocenters. The first-order valence-electron chi connectivity index (χ1n) is 9.94. The Morgan fingerprint density at radius 3 is 2.52 bits per heavy atom. The SMILES string of the molecule is CCC(C)OC(C)=O.O=C(Nc1cnnnn1)c1ccc(C=NN2CCOCC2)cc1. The van der Waals surface area contributed by atoms with Gasteiger partial charge in [-0.05, 0) is 41.5 Å². The Balaban J connectivity index is 0.000000366. The lowest BCUT2D eigenvalue weighted by Crippen LogP contribution is -2.32. The Morgan fingerprint density at radius 1 is 1.26 bits per heavy atom. The van der Waals surface area contributed by atoms with Crippen molar-refractivity contribution in [2.75, 3.05) is 31.6 Å². The summed E-state index contributed by atoms with van der Waals surface area (Å²) in [6.07, 6.45) is 4.06. The van der Waals surface area contributed by atoms with Crippen LogP contribution in [0.15, 0.2) is 35.6 Å². The van der Waals surface area contributed by atoms with E-state index in [9.17, 15) is 9.59 Å². The number of hydrogen-bond donors (Lipinski definition) is 1. The van der Waals surface area contributed by atoms with Crippen molar-refractivity contribution in [2.45, 2.75) is 33.3 Å². The number of amides is 1. The molecule has 0 bridgehead atoms. The highest BCUT2D eigenvalue weighted by Crippen LogP contribution is 2.06. The van der Waals surface area contributed by atoms with E-state index in [1.54, 1.807) is 18.3 Å². The first-order valence-corrected chi connectivity index (χ1v) is 9.94. The summed E-state index contributed by atoms with van der Waals surface area (Å²) in [4.78, 5) is 22.2. The molecule has 1 aromatic carbocycles. The van der Waals surface area contributed by atoms with Gasteiger partial charge >= 0.3 is 5.97 Å². The van der Waals surface area contributed by atoms with Crippen LogP contribution in [-0.4, -0.2) is 76.1 Å². The summed E-state index contributed by atoms with van der Waals surface area (Å²) in [5.74, 6) is -0.230. The van der Waals surface area contributed by atoms with Crippen LogP contribution in [0.5, 0.6) is 0 Å². The molecule has 1 amide bonds. The molecule has 11 nitrogen and oxygen atoms in total. The van der Waals surface area contributed by atoms with E-state index < -0.39 is 0 Å². The third kappa shape index (κ3) is 9.26. The van der Waals surface area contributed by atoms with Crippen LogP contribution >= 0.6 is 0 Å². The topological polar surface area (TPSA) is 132 Å². The number of ether oxygens (including phenoxy) is 2. The average Bonchev–Trinajstić information content (AvgIpc) is 2.79. The van der Waals surface area contributed by atoms with E-state index in [0.29, 0.717) is 18.8 Å². The Kier molecular flexibility index (Phi) is 9.95. The van der Waals surface area contributed by atoms with Crippen LogP contribution < -0.4 is 5.32 Å². The van der Waals surface area contributed by atoms with Crippen LogP contribution in [-0.2, 0) is 14.3 Å². The first-order chi connectivity index (χ1) is 15.0. The predicted molar refractivity (Wildman–Crippen MR) is 114 cm³/mol. The van der Waals surface area contributed by atoms with Gasteiger partial charge in [-0.3, -0.25) is 14.6 Å². The van der Waals surface area contributed by atoms with Crippen LogP contribution in [0.3, 0.4) is 0 Å². The smallest absolute Gasteiger partial charge is 0.302 e. The fourth-order valence-electron chi connectivity index (χ4n) is 2.35. The zero-order valence-corrected chi connectivity index (χ0v) is 17.9. The van der Waals surface area contributed by atoms with Gasteiger partial charge in [-0.15, -0.1) is 10.2 Å². The zero-order chi connectivity index (χ0) is 22.5.